The Morgan fingerprint density at radius 1 is 1.19 bits per heavy atom. The molecule has 1 fully saturated rings. The van der Waals surface area contributed by atoms with Crippen LogP contribution in [0.15, 0.2) is 24.3 Å². The summed E-state index contributed by atoms with van der Waals surface area (Å²) in [6.45, 7) is 1.57. The lowest BCUT2D eigenvalue weighted by Gasteiger charge is -2.23. The molecule has 1 saturated heterocycles. The van der Waals surface area contributed by atoms with Crippen LogP contribution in [0, 0.1) is 5.92 Å². The van der Waals surface area contributed by atoms with Gasteiger partial charge in [-0.25, -0.2) is 4.79 Å². The summed E-state index contributed by atoms with van der Waals surface area (Å²) < 4.78 is 0. The number of phenols is 1. The number of rotatable bonds is 5. The molecule has 1 heterocycles. The fraction of sp³-hybridized carbons (Fsp3) is 0.474. The number of nitrogens with one attached hydrogen (secondary N) is 3. The first-order chi connectivity index (χ1) is 14.7. The maximum atomic E-state index is 12.6. The van der Waals surface area contributed by atoms with Gasteiger partial charge in [0.15, 0.2) is 0 Å². The average molecular weight is 471 g/mol. The van der Waals surface area contributed by atoms with Crippen molar-refractivity contribution >= 4 is 45.3 Å². The van der Waals surface area contributed by atoms with Gasteiger partial charge in [0.2, 0.25) is 17.7 Å². The van der Waals surface area contributed by atoms with Crippen LogP contribution in [0.5, 0.6) is 5.75 Å². The van der Waals surface area contributed by atoms with E-state index in [4.69, 9.17) is 5.73 Å². The Hall–Kier alpha value is -2.44. The van der Waals surface area contributed by atoms with E-state index in [1.807, 2.05) is 0 Å². The Balaban J connectivity index is 2.01. The van der Waals surface area contributed by atoms with Crippen LogP contribution < -0.4 is 21.7 Å². The van der Waals surface area contributed by atoms with E-state index in [2.05, 4.69) is 16.0 Å². The molecule has 4 atom stereocenters. The second-order valence-corrected chi connectivity index (χ2v) is 9.71. The average Bonchev–Trinajstić information content (AvgIpc) is 2.73. The van der Waals surface area contributed by atoms with Gasteiger partial charge in [0.1, 0.15) is 17.8 Å². The topological polar surface area (TPSA) is 171 Å². The second kappa shape index (κ2) is 11.8. The molecule has 0 aromatic heterocycles. The molecule has 12 heteroatoms. The third kappa shape index (κ3) is 7.96. The number of carbonyl (C=O) groups is 4. The molecular weight excluding hydrogens is 444 g/mol. The number of nitrogens with two attached hydrogens (primary N) is 1. The zero-order valence-corrected chi connectivity index (χ0v) is 18.5. The standard InChI is InChI=1S/C19H26N4O6S2/c1-10-7-21-18(27)14(8-30-31-9-15(19(28)29)23-16(10)25)22-17(26)13(20)6-11-2-4-12(24)5-3-11/h2-5,10,13-15,24H,6-9,20H2,1H3,(H,21,27)(H,22,26)(H,23,25)(H,28,29)/t10?,13-,14-,15-/m0/s1. The Kier molecular flexibility index (Phi) is 9.46. The molecule has 1 aliphatic rings. The van der Waals surface area contributed by atoms with Gasteiger partial charge in [0.05, 0.1) is 12.0 Å². The van der Waals surface area contributed by atoms with Gasteiger partial charge in [0, 0.05) is 18.1 Å². The lowest BCUT2D eigenvalue weighted by molar-refractivity contribution is -0.141. The fourth-order valence-electron chi connectivity index (χ4n) is 2.63. The van der Waals surface area contributed by atoms with Crippen LogP contribution in [-0.2, 0) is 25.6 Å². The largest absolute Gasteiger partial charge is 0.508 e. The summed E-state index contributed by atoms with van der Waals surface area (Å²) in [5, 5.41) is 26.3. The highest BCUT2D eigenvalue weighted by Gasteiger charge is 2.28. The van der Waals surface area contributed by atoms with Gasteiger partial charge in [0.25, 0.3) is 0 Å². The number of amides is 3. The highest BCUT2D eigenvalue weighted by Crippen LogP contribution is 2.23. The molecular formula is C19H26N4O6S2. The van der Waals surface area contributed by atoms with Gasteiger partial charge in [-0.05, 0) is 24.1 Å². The summed E-state index contributed by atoms with van der Waals surface area (Å²) in [6, 6.07) is 3.46. The maximum Gasteiger partial charge on any atom is 0.327 e. The predicted octanol–water partition coefficient (Wildman–Crippen LogP) is -0.536. The SMILES string of the molecule is CC1CNC(=O)[C@@H](NC(=O)[C@@H](N)Cc2ccc(O)cc2)CSSC[C@@H](C(=O)O)NC1=O. The van der Waals surface area contributed by atoms with Crippen LogP contribution in [0.1, 0.15) is 12.5 Å². The summed E-state index contributed by atoms with van der Waals surface area (Å²) in [5.41, 5.74) is 6.73. The van der Waals surface area contributed by atoms with Crippen LogP contribution in [0.3, 0.4) is 0 Å². The van der Waals surface area contributed by atoms with Crippen LogP contribution >= 0.6 is 21.6 Å². The van der Waals surface area contributed by atoms with E-state index < -0.39 is 47.7 Å². The molecule has 7 N–H and O–H groups in total. The number of carboxylic acid groups (broad SMARTS) is 1. The Bertz CT molecular complexity index is 807. The van der Waals surface area contributed by atoms with Gasteiger partial charge in [-0.2, -0.15) is 0 Å². The van der Waals surface area contributed by atoms with Crippen molar-refractivity contribution in [1.29, 1.82) is 0 Å². The molecule has 0 aliphatic carbocycles. The molecule has 1 aromatic carbocycles. The van der Waals surface area contributed by atoms with Crippen molar-refractivity contribution in [2.45, 2.75) is 31.5 Å². The second-order valence-electron chi connectivity index (χ2n) is 7.15. The number of phenolic OH excluding ortho intramolecular Hbond substituents is 1. The quantitative estimate of drug-likeness (QED) is 0.309. The van der Waals surface area contributed by atoms with E-state index in [1.54, 1.807) is 19.1 Å². The fourth-order valence-corrected chi connectivity index (χ4v) is 4.95. The molecule has 170 valence electrons. The minimum Gasteiger partial charge on any atom is -0.508 e. The molecule has 3 amide bonds. The highest BCUT2D eigenvalue weighted by molar-refractivity contribution is 8.76. The minimum atomic E-state index is -1.14. The van der Waals surface area contributed by atoms with Crippen molar-refractivity contribution in [3.8, 4) is 5.75 Å². The number of carboxylic acids is 1. The third-order valence-electron chi connectivity index (χ3n) is 4.56. The van der Waals surface area contributed by atoms with E-state index in [0.717, 1.165) is 5.56 Å². The van der Waals surface area contributed by atoms with Crippen molar-refractivity contribution in [2.24, 2.45) is 11.7 Å². The number of benzene rings is 1. The maximum absolute atomic E-state index is 12.6. The van der Waals surface area contributed by atoms with Crippen LogP contribution in [0.4, 0.5) is 0 Å². The first-order valence-corrected chi connectivity index (χ1v) is 12.0. The molecule has 31 heavy (non-hydrogen) atoms. The van der Waals surface area contributed by atoms with Crippen molar-refractivity contribution in [1.82, 2.24) is 16.0 Å². The zero-order chi connectivity index (χ0) is 23.0. The Morgan fingerprint density at radius 3 is 2.48 bits per heavy atom. The first kappa shape index (κ1) is 24.8. The summed E-state index contributed by atoms with van der Waals surface area (Å²) >= 11 is 0. The molecule has 0 radical (unpaired) electrons. The molecule has 0 saturated carbocycles. The van der Waals surface area contributed by atoms with Gasteiger partial charge < -0.3 is 31.9 Å². The van der Waals surface area contributed by atoms with E-state index >= 15 is 0 Å². The van der Waals surface area contributed by atoms with Gasteiger partial charge >= 0.3 is 5.97 Å². The van der Waals surface area contributed by atoms with Crippen LogP contribution in [-0.4, -0.2) is 70.1 Å². The Morgan fingerprint density at radius 2 is 1.84 bits per heavy atom. The lowest BCUT2D eigenvalue weighted by Crippen LogP contribution is -2.54. The molecule has 1 unspecified atom stereocenters. The number of hydrogen-bond acceptors (Lipinski definition) is 8. The van der Waals surface area contributed by atoms with Crippen LogP contribution in [0.2, 0.25) is 0 Å². The third-order valence-corrected chi connectivity index (χ3v) is 6.98. The number of carbonyl (C=O) groups excluding carboxylic acids is 3. The molecule has 0 bridgehead atoms. The van der Waals surface area contributed by atoms with Crippen LogP contribution in [0.25, 0.3) is 0 Å². The van der Waals surface area contributed by atoms with Crippen molar-refractivity contribution in [3.63, 3.8) is 0 Å². The number of hydrogen-bond donors (Lipinski definition) is 6. The van der Waals surface area contributed by atoms with E-state index in [0.29, 0.717) is 0 Å². The molecule has 1 aliphatic heterocycles. The van der Waals surface area contributed by atoms with E-state index in [9.17, 15) is 29.4 Å². The highest BCUT2D eigenvalue weighted by atomic mass is 33.1. The van der Waals surface area contributed by atoms with Crippen molar-refractivity contribution < 1.29 is 29.4 Å². The summed E-state index contributed by atoms with van der Waals surface area (Å²) in [5.74, 6) is -2.81. The lowest BCUT2D eigenvalue weighted by atomic mass is 10.1. The molecule has 10 nitrogen and oxygen atoms in total. The Labute approximate surface area is 187 Å². The van der Waals surface area contributed by atoms with Gasteiger partial charge in [-0.3, -0.25) is 14.4 Å². The summed E-state index contributed by atoms with van der Waals surface area (Å²) in [7, 11) is 2.41. The molecule has 1 aromatic rings. The molecule has 2 rings (SSSR count). The van der Waals surface area contributed by atoms with E-state index in [1.165, 1.54) is 33.7 Å². The minimum absolute atomic E-state index is 0.000742. The monoisotopic (exact) mass is 470 g/mol. The normalized spacial score (nSPS) is 24.0. The predicted molar refractivity (Wildman–Crippen MR) is 118 cm³/mol. The number of aliphatic carboxylic acids is 1. The molecule has 0 spiro atoms. The summed E-state index contributed by atoms with van der Waals surface area (Å²) in [6.07, 6.45) is 0.222. The van der Waals surface area contributed by atoms with Crippen molar-refractivity contribution in [3.05, 3.63) is 29.8 Å². The van der Waals surface area contributed by atoms with Gasteiger partial charge in [-0.15, -0.1) is 0 Å². The summed E-state index contributed by atoms with van der Waals surface area (Å²) in [4.78, 5) is 48.6. The van der Waals surface area contributed by atoms with Gasteiger partial charge in [-0.1, -0.05) is 40.6 Å². The zero-order valence-electron chi connectivity index (χ0n) is 16.9. The number of aromatic hydroxyl groups is 1. The smallest absolute Gasteiger partial charge is 0.327 e. The van der Waals surface area contributed by atoms with Crippen molar-refractivity contribution in [2.75, 3.05) is 18.1 Å². The van der Waals surface area contributed by atoms with E-state index in [-0.39, 0.29) is 30.2 Å². The first-order valence-electron chi connectivity index (χ1n) is 9.56.